The highest BCUT2D eigenvalue weighted by Crippen LogP contribution is 2.45. The zero-order chi connectivity index (χ0) is 36.5. The lowest BCUT2D eigenvalue weighted by Crippen LogP contribution is -2.67. The lowest BCUT2D eigenvalue weighted by atomic mass is 9.75. The zero-order valence-electron chi connectivity index (χ0n) is 32.3. The van der Waals surface area contributed by atoms with E-state index in [0.717, 1.165) is 5.69 Å². The Hall–Kier alpha value is -2.61. The number of hydrogen-bond donors (Lipinski definition) is 4. The molecule has 274 valence electrons. The van der Waals surface area contributed by atoms with Crippen LogP contribution in [-0.4, -0.2) is 104 Å². The summed E-state index contributed by atoms with van der Waals surface area (Å²) in [4.78, 5) is 19.9. The summed E-state index contributed by atoms with van der Waals surface area (Å²) in [6.45, 7) is 25.0. The minimum absolute atomic E-state index is 0.00383. The highest BCUT2D eigenvalue weighted by Gasteiger charge is 2.52. The van der Waals surface area contributed by atoms with Gasteiger partial charge < -0.3 is 30.7 Å². The summed E-state index contributed by atoms with van der Waals surface area (Å²) in [5.41, 5.74) is -1.94. The topological polar surface area (TPSA) is 128 Å². The molecule has 1 aromatic heterocycles. The Kier molecular flexibility index (Phi) is 9.65. The average molecular weight is 682 g/mol. The molecule has 49 heavy (non-hydrogen) atoms. The van der Waals surface area contributed by atoms with Crippen LogP contribution in [0.25, 0.3) is 0 Å². The van der Waals surface area contributed by atoms with Gasteiger partial charge in [0, 0.05) is 64.1 Å². The second kappa shape index (κ2) is 12.6. The summed E-state index contributed by atoms with van der Waals surface area (Å²) < 4.78 is 0. The summed E-state index contributed by atoms with van der Waals surface area (Å²) in [5, 5.41) is 41.9. The van der Waals surface area contributed by atoms with Gasteiger partial charge in [-0.25, -0.2) is 0 Å². The second-order valence-corrected chi connectivity index (χ2v) is 18.7. The molecule has 5 rings (SSSR count). The highest BCUT2D eigenvalue weighted by atomic mass is 16.5. The van der Waals surface area contributed by atoms with E-state index in [1.54, 1.807) is 0 Å². The van der Waals surface area contributed by atoms with Gasteiger partial charge in [-0.2, -0.15) is 30.1 Å². The number of anilines is 4. The van der Waals surface area contributed by atoms with Crippen molar-refractivity contribution in [3.05, 3.63) is 30.3 Å². The van der Waals surface area contributed by atoms with Crippen molar-refractivity contribution in [1.82, 2.24) is 30.1 Å². The largest absolute Gasteiger partial charge is 0.351 e. The van der Waals surface area contributed by atoms with Crippen LogP contribution in [0.15, 0.2) is 30.3 Å². The molecule has 0 saturated carbocycles. The number of hydrogen-bond acceptors (Lipinski definition) is 12. The summed E-state index contributed by atoms with van der Waals surface area (Å²) in [7, 11) is 1.98. The molecule has 0 radical (unpaired) electrons. The second-order valence-electron chi connectivity index (χ2n) is 18.7. The van der Waals surface area contributed by atoms with Crippen molar-refractivity contribution in [3.8, 4) is 0 Å². The standard InChI is InChI=1S/C37H63N9O3/c1-32(2)19-25(20-33(3,4)44(32)47)38-29-39-30(42(13)26-17-15-14-16-18-26)41-31(40-29)43(27-21-34(5,6)45(48)35(7,8)22-27)28-23-36(9,10)46(49)37(11,12)24-28/h14-18,25,27-28,47-49H,19-24H2,1-13H3,(H,38,39,40,41). The van der Waals surface area contributed by atoms with Gasteiger partial charge >= 0.3 is 0 Å². The Bertz CT molecular complexity index is 1380. The van der Waals surface area contributed by atoms with Crippen molar-refractivity contribution >= 4 is 23.5 Å². The third kappa shape index (κ3) is 7.41. The number of nitrogens with zero attached hydrogens (tertiary/aromatic N) is 8. The van der Waals surface area contributed by atoms with E-state index in [2.05, 4.69) is 93.3 Å². The molecule has 0 unspecified atom stereocenters. The predicted molar refractivity (Wildman–Crippen MR) is 195 cm³/mol. The van der Waals surface area contributed by atoms with Gasteiger partial charge in [-0.05, 0) is 134 Å². The van der Waals surface area contributed by atoms with Gasteiger partial charge in [0.1, 0.15) is 0 Å². The van der Waals surface area contributed by atoms with E-state index < -0.39 is 33.2 Å². The van der Waals surface area contributed by atoms with Crippen LogP contribution in [0, 0.1) is 0 Å². The number of para-hydroxylation sites is 1. The van der Waals surface area contributed by atoms with Crippen LogP contribution in [0.4, 0.5) is 23.5 Å². The minimum Gasteiger partial charge on any atom is -0.351 e. The molecular weight excluding hydrogens is 618 g/mol. The molecule has 3 aliphatic heterocycles. The Morgan fingerprint density at radius 3 is 1.35 bits per heavy atom. The summed E-state index contributed by atoms with van der Waals surface area (Å²) in [5.74, 6) is 1.60. The maximum atomic E-state index is 11.3. The minimum atomic E-state index is -0.499. The third-order valence-corrected chi connectivity index (χ3v) is 11.3. The highest BCUT2D eigenvalue weighted by molar-refractivity contribution is 5.59. The van der Waals surface area contributed by atoms with Crippen LogP contribution in [0.1, 0.15) is 122 Å². The fourth-order valence-corrected chi connectivity index (χ4v) is 9.46. The smallest absolute Gasteiger partial charge is 0.236 e. The van der Waals surface area contributed by atoms with Crippen molar-refractivity contribution < 1.29 is 15.6 Å². The molecule has 12 nitrogen and oxygen atoms in total. The summed E-state index contributed by atoms with van der Waals surface area (Å²) in [6.07, 6.45) is 4.20. The maximum absolute atomic E-state index is 11.3. The number of hydroxylamine groups is 6. The van der Waals surface area contributed by atoms with Crippen molar-refractivity contribution in [2.24, 2.45) is 0 Å². The molecule has 3 fully saturated rings. The molecule has 3 saturated heterocycles. The SMILES string of the molecule is CN(c1ccccc1)c1nc(NC2CC(C)(C)N(O)C(C)(C)C2)nc(N(C2CC(C)(C)N(O)C(C)(C)C2)C2CC(C)(C)N(O)C(C)(C)C2)n1. The normalized spacial score (nSPS) is 26.0. The molecule has 4 N–H and O–H groups in total. The summed E-state index contributed by atoms with van der Waals surface area (Å²) >= 11 is 0. The molecule has 3 aliphatic rings. The first-order valence-corrected chi connectivity index (χ1v) is 17.9. The number of piperidine rings is 3. The van der Waals surface area contributed by atoms with Gasteiger partial charge in [0.2, 0.25) is 17.8 Å². The van der Waals surface area contributed by atoms with E-state index in [9.17, 15) is 15.6 Å². The van der Waals surface area contributed by atoms with Gasteiger partial charge in [0.05, 0.1) is 0 Å². The molecule has 1 aromatic carbocycles. The van der Waals surface area contributed by atoms with Crippen LogP contribution in [0.2, 0.25) is 0 Å². The lowest BCUT2D eigenvalue weighted by Gasteiger charge is -2.58. The fraction of sp³-hybridized carbons (Fsp3) is 0.757. The number of benzene rings is 1. The van der Waals surface area contributed by atoms with E-state index in [1.165, 1.54) is 15.2 Å². The van der Waals surface area contributed by atoms with Crippen LogP contribution < -0.4 is 15.1 Å². The first kappa shape index (κ1) is 37.6. The molecule has 12 heteroatoms. The first-order valence-electron chi connectivity index (χ1n) is 17.9. The van der Waals surface area contributed by atoms with Crippen molar-refractivity contribution in [3.63, 3.8) is 0 Å². The Labute approximate surface area is 294 Å². The third-order valence-electron chi connectivity index (χ3n) is 11.3. The number of nitrogens with one attached hydrogen (secondary N) is 1. The zero-order valence-corrected chi connectivity index (χ0v) is 32.3. The van der Waals surface area contributed by atoms with Gasteiger partial charge in [0.15, 0.2) is 0 Å². The number of aromatic nitrogens is 3. The predicted octanol–water partition coefficient (Wildman–Crippen LogP) is 7.09. The van der Waals surface area contributed by atoms with E-state index in [0.29, 0.717) is 56.4 Å². The Balaban J connectivity index is 1.66. The lowest BCUT2D eigenvalue weighted by molar-refractivity contribution is -0.251. The first-order chi connectivity index (χ1) is 22.4. The number of rotatable bonds is 7. The molecule has 0 bridgehead atoms. The molecular formula is C37H63N9O3. The van der Waals surface area contributed by atoms with E-state index >= 15 is 0 Å². The fourth-order valence-electron chi connectivity index (χ4n) is 9.46. The molecule has 0 amide bonds. The molecule has 4 heterocycles. The van der Waals surface area contributed by atoms with Gasteiger partial charge in [0.25, 0.3) is 0 Å². The summed E-state index contributed by atoms with van der Waals surface area (Å²) in [6, 6.07) is 10.1. The van der Waals surface area contributed by atoms with Gasteiger partial charge in [-0.15, -0.1) is 0 Å². The van der Waals surface area contributed by atoms with Crippen molar-refractivity contribution in [2.45, 2.75) is 173 Å². The van der Waals surface area contributed by atoms with E-state index in [4.69, 9.17) is 15.0 Å². The van der Waals surface area contributed by atoms with E-state index in [-0.39, 0.29) is 18.1 Å². The van der Waals surface area contributed by atoms with Crippen molar-refractivity contribution in [2.75, 3.05) is 22.2 Å². The Morgan fingerprint density at radius 2 is 0.939 bits per heavy atom. The van der Waals surface area contributed by atoms with Crippen LogP contribution in [0.5, 0.6) is 0 Å². The Morgan fingerprint density at radius 1 is 0.571 bits per heavy atom. The molecule has 0 spiro atoms. The quantitative estimate of drug-likeness (QED) is 0.238. The van der Waals surface area contributed by atoms with Crippen LogP contribution in [0.3, 0.4) is 0 Å². The van der Waals surface area contributed by atoms with Crippen molar-refractivity contribution in [1.29, 1.82) is 0 Å². The maximum Gasteiger partial charge on any atom is 0.236 e. The average Bonchev–Trinajstić information content (AvgIpc) is 2.96. The van der Waals surface area contributed by atoms with Gasteiger partial charge in [-0.3, -0.25) is 0 Å². The van der Waals surface area contributed by atoms with Gasteiger partial charge in [-0.1, -0.05) is 18.2 Å². The van der Waals surface area contributed by atoms with Crippen LogP contribution in [-0.2, 0) is 0 Å². The molecule has 0 aliphatic carbocycles. The molecule has 0 atom stereocenters. The van der Waals surface area contributed by atoms with Crippen LogP contribution >= 0.6 is 0 Å². The van der Waals surface area contributed by atoms with E-state index in [1.807, 2.05) is 42.3 Å². The monoisotopic (exact) mass is 682 g/mol. The molecule has 2 aromatic rings.